The topological polar surface area (TPSA) is 113 Å². The van der Waals surface area contributed by atoms with Crippen LogP contribution in [0.5, 0.6) is 0 Å². The van der Waals surface area contributed by atoms with Gasteiger partial charge in [-0.05, 0) is 78.6 Å². The van der Waals surface area contributed by atoms with Crippen molar-refractivity contribution in [3.05, 3.63) is 83.0 Å². The molecule has 4 N–H and O–H groups in total. The lowest BCUT2D eigenvalue weighted by atomic mass is 9.79. The van der Waals surface area contributed by atoms with Crippen LogP contribution in [-0.4, -0.2) is 39.4 Å². The van der Waals surface area contributed by atoms with Gasteiger partial charge in [0, 0.05) is 25.1 Å². The lowest BCUT2D eigenvalue weighted by Gasteiger charge is -2.31. The van der Waals surface area contributed by atoms with Crippen LogP contribution in [0.15, 0.2) is 61.1 Å². The Morgan fingerprint density at radius 1 is 1.13 bits per heavy atom. The molecule has 1 aromatic carbocycles. The first-order chi connectivity index (χ1) is 18.7. The molecule has 1 saturated heterocycles. The normalized spacial score (nSPS) is 20.4. The van der Waals surface area contributed by atoms with E-state index in [9.17, 15) is 9.59 Å². The second-order valence-electron chi connectivity index (χ2n) is 10.7. The molecule has 3 amide bonds. The van der Waals surface area contributed by atoms with E-state index >= 15 is 4.39 Å². The van der Waals surface area contributed by atoms with Crippen LogP contribution in [0, 0.1) is 17.7 Å². The lowest BCUT2D eigenvalue weighted by Crippen LogP contribution is -2.45. The maximum Gasteiger partial charge on any atom is 0.323 e. The summed E-state index contributed by atoms with van der Waals surface area (Å²) in [5, 5.41) is 5.89. The number of hydrogen-bond donors (Lipinski definition) is 3. The number of aromatic nitrogens is 2. The number of nitrogens with one attached hydrogen (secondary N) is 2. The van der Waals surface area contributed by atoms with Crippen LogP contribution < -0.4 is 16.4 Å². The average Bonchev–Trinajstić information content (AvgIpc) is 3.69. The molecule has 3 atom stereocenters. The number of carbonyl (C=O) groups excluding carboxylic acids is 2. The summed E-state index contributed by atoms with van der Waals surface area (Å²) in [7, 11) is 0. The number of halogens is 2. The molecule has 1 unspecified atom stereocenters. The second-order valence-corrected chi connectivity index (χ2v) is 11.1. The van der Waals surface area contributed by atoms with Crippen LogP contribution in [0.3, 0.4) is 0 Å². The number of carbonyl (C=O) groups is 2. The summed E-state index contributed by atoms with van der Waals surface area (Å²) in [6.07, 6.45) is 9.33. The van der Waals surface area contributed by atoms with Crippen molar-refractivity contribution in [1.29, 1.82) is 0 Å². The van der Waals surface area contributed by atoms with Gasteiger partial charge in [0.1, 0.15) is 17.7 Å². The fourth-order valence-corrected chi connectivity index (χ4v) is 5.32. The molecule has 8 nitrogen and oxygen atoms in total. The van der Waals surface area contributed by atoms with Gasteiger partial charge in [-0.3, -0.25) is 15.1 Å². The van der Waals surface area contributed by atoms with Gasteiger partial charge >= 0.3 is 6.03 Å². The highest BCUT2D eigenvalue weighted by Gasteiger charge is 2.39. The molecule has 39 heavy (non-hydrogen) atoms. The number of rotatable bonds is 8. The zero-order chi connectivity index (χ0) is 27.6. The first kappa shape index (κ1) is 27.0. The van der Waals surface area contributed by atoms with Crippen LogP contribution in [0.25, 0.3) is 0 Å². The van der Waals surface area contributed by atoms with Gasteiger partial charge in [0.15, 0.2) is 0 Å². The van der Waals surface area contributed by atoms with Gasteiger partial charge in [-0.15, -0.1) is 0 Å². The molecule has 3 aromatic rings. The van der Waals surface area contributed by atoms with E-state index in [4.69, 9.17) is 17.3 Å². The fraction of sp³-hybridized carbons (Fsp3) is 0.379. The number of amides is 3. The van der Waals surface area contributed by atoms with Crippen LogP contribution in [0.4, 0.5) is 20.7 Å². The molecule has 1 aliphatic heterocycles. The minimum absolute atomic E-state index is 0.0343. The molecule has 1 saturated carbocycles. The second kappa shape index (κ2) is 11.3. The van der Waals surface area contributed by atoms with Gasteiger partial charge in [-0.25, -0.2) is 14.2 Å². The van der Waals surface area contributed by atoms with Crippen molar-refractivity contribution in [1.82, 2.24) is 14.9 Å². The summed E-state index contributed by atoms with van der Waals surface area (Å²) in [6.45, 7) is 2.35. The summed E-state index contributed by atoms with van der Waals surface area (Å²) >= 11 is 5.88. The SMILES string of the molecule is C[C@H]1C[C@H](C(=O)Nc2cc(C(N)(CCC3CC3)c3ccncc3)ccc2F)N(C(=O)Nc2ccc(Cl)cn2)C1. The number of likely N-dealkylation sites (tertiary alicyclic amines) is 1. The van der Waals surface area contributed by atoms with Crippen LogP contribution in [0.2, 0.25) is 5.02 Å². The quantitative estimate of drug-likeness (QED) is 0.341. The zero-order valence-electron chi connectivity index (χ0n) is 21.7. The van der Waals surface area contributed by atoms with Crippen LogP contribution in [0.1, 0.15) is 50.2 Å². The maximum atomic E-state index is 15.0. The van der Waals surface area contributed by atoms with Crippen molar-refractivity contribution in [2.75, 3.05) is 17.2 Å². The highest BCUT2D eigenvalue weighted by Crippen LogP contribution is 2.40. The third-order valence-electron chi connectivity index (χ3n) is 7.61. The summed E-state index contributed by atoms with van der Waals surface area (Å²) in [6, 6.07) is 10.3. The Hall–Kier alpha value is -3.56. The molecule has 2 aromatic heterocycles. The predicted octanol–water partition coefficient (Wildman–Crippen LogP) is 5.54. The van der Waals surface area contributed by atoms with E-state index in [0.717, 1.165) is 12.0 Å². The summed E-state index contributed by atoms with van der Waals surface area (Å²) in [4.78, 5) is 36.1. The van der Waals surface area contributed by atoms with E-state index in [1.165, 1.54) is 30.0 Å². The van der Waals surface area contributed by atoms with Crippen LogP contribution >= 0.6 is 11.6 Å². The minimum atomic E-state index is -0.863. The van der Waals surface area contributed by atoms with E-state index in [0.29, 0.717) is 41.7 Å². The first-order valence-corrected chi connectivity index (χ1v) is 13.6. The summed E-state index contributed by atoms with van der Waals surface area (Å²) in [5.41, 5.74) is 7.77. The standard InChI is InChI=1S/C29H32ClFN6O2/c1-18-14-25(37(17-18)28(39)36-26-7-5-22(30)16-34-26)27(38)35-24-15-21(4-6-23(24)31)29(32,11-8-19-2-3-19)20-9-12-33-13-10-20/h4-7,9-10,12-13,15-16,18-19,25H,2-3,8,11,14,17,32H2,1H3,(H,35,38)(H,34,36,39)/t18-,25+,29?/m0/s1. The zero-order valence-corrected chi connectivity index (χ0v) is 22.5. The van der Waals surface area contributed by atoms with Crippen molar-refractivity contribution in [2.45, 2.75) is 50.6 Å². The molecular weight excluding hydrogens is 519 g/mol. The number of anilines is 2. The molecule has 1 aliphatic carbocycles. The van der Waals surface area contributed by atoms with Gasteiger partial charge in [0.25, 0.3) is 0 Å². The van der Waals surface area contributed by atoms with Gasteiger partial charge in [0.05, 0.1) is 16.2 Å². The molecule has 204 valence electrons. The van der Waals surface area contributed by atoms with E-state index in [1.54, 1.807) is 36.7 Å². The van der Waals surface area contributed by atoms with Gasteiger partial charge in [-0.2, -0.15) is 0 Å². The molecule has 2 fully saturated rings. The molecular formula is C29H32ClFN6O2. The number of hydrogen-bond acceptors (Lipinski definition) is 5. The van der Waals surface area contributed by atoms with E-state index in [-0.39, 0.29) is 11.6 Å². The summed E-state index contributed by atoms with van der Waals surface area (Å²) in [5.74, 6) is 0.0481. The van der Waals surface area contributed by atoms with Crippen molar-refractivity contribution in [3.8, 4) is 0 Å². The third-order valence-corrected chi connectivity index (χ3v) is 7.84. The van der Waals surface area contributed by atoms with Crippen molar-refractivity contribution < 1.29 is 14.0 Å². The molecule has 5 rings (SSSR count). The molecule has 2 aliphatic rings. The van der Waals surface area contributed by atoms with Crippen LogP contribution in [-0.2, 0) is 10.3 Å². The van der Waals surface area contributed by atoms with E-state index < -0.39 is 29.3 Å². The Morgan fingerprint density at radius 2 is 1.90 bits per heavy atom. The molecule has 0 bridgehead atoms. The Bertz CT molecular complexity index is 1340. The maximum absolute atomic E-state index is 15.0. The number of pyridine rings is 2. The number of benzene rings is 1. The Balaban J connectivity index is 1.36. The largest absolute Gasteiger partial charge is 0.323 e. The van der Waals surface area contributed by atoms with Gasteiger partial charge < -0.3 is 16.0 Å². The van der Waals surface area contributed by atoms with E-state index in [1.807, 2.05) is 19.1 Å². The molecule has 0 spiro atoms. The Kier molecular flexibility index (Phi) is 7.81. The summed E-state index contributed by atoms with van der Waals surface area (Å²) < 4.78 is 15.0. The molecule has 3 heterocycles. The van der Waals surface area contributed by atoms with Crippen molar-refractivity contribution in [3.63, 3.8) is 0 Å². The smallest absolute Gasteiger partial charge is 0.322 e. The van der Waals surface area contributed by atoms with Gasteiger partial charge in [-0.1, -0.05) is 37.4 Å². The van der Waals surface area contributed by atoms with Crippen molar-refractivity contribution in [2.24, 2.45) is 17.6 Å². The highest BCUT2D eigenvalue weighted by molar-refractivity contribution is 6.30. The van der Waals surface area contributed by atoms with Gasteiger partial charge in [0.2, 0.25) is 5.91 Å². The first-order valence-electron chi connectivity index (χ1n) is 13.2. The minimum Gasteiger partial charge on any atom is -0.322 e. The Labute approximate surface area is 232 Å². The molecule has 10 heteroatoms. The molecule has 0 radical (unpaired) electrons. The van der Waals surface area contributed by atoms with Crippen molar-refractivity contribution >= 4 is 35.0 Å². The lowest BCUT2D eigenvalue weighted by molar-refractivity contribution is -0.119. The fourth-order valence-electron chi connectivity index (χ4n) is 5.21. The number of nitrogens with two attached hydrogens (primary N) is 1. The third kappa shape index (κ3) is 6.20. The predicted molar refractivity (Wildman–Crippen MR) is 149 cm³/mol. The monoisotopic (exact) mass is 550 g/mol. The van der Waals surface area contributed by atoms with E-state index in [2.05, 4.69) is 20.6 Å². The number of urea groups is 1. The highest BCUT2D eigenvalue weighted by atomic mass is 35.5. The average molecular weight is 551 g/mol. The number of nitrogens with zero attached hydrogens (tertiary/aromatic N) is 3. The Morgan fingerprint density at radius 3 is 2.59 bits per heavy atom.